The van der Waals surface area contributed by atoms with Gasteiger partial charge in [0.15, 0.2) is 0 Å². The van der Waals surface area contributed by atoms with E-state index in [1.54, 1.807) is 25.1 Å². The summed E-state index contributed by atoms with van der Waals surface area (Å²) in [6, 6.07) is 14.8. The van der Waals surface area contributed by atoms with Gasteiger partial charge in [-0.3, -0.25) is 0 Å². The molecule has 0 amide bonds. The summed E-state index contributed by atoms with van der Waals surface area (Å²) in [6.45, 7) is 11.4. The Morgan fingerprint density at radius 2 is 1.06 bits per heavy atom. The minimum absolute atomic E-state index is 0.0246. The van der Waals surface area contributed by atoms with Gasteiger partial charge in [-0.15, -0.1) is 0 Å². The van der Waals surface area contributed by atoms with E-state index in [1.807, 2.05) is 37.3 Å². The average Bonchev–Trinajstić information content (AvgIpc) is 3.44. The molecule has 418 valence electrons. The summed E-state index contributed by atoms with van der Waals surface area (Å²) in [4.78, 5) is 98.8. The van der Waals surface area contributed by atoms with Crippen LogP contribution in [0.25, 0.3) is 22.3 Å². The fourth-order valence-corrected chi connectivity index (χ4v) is 8.93. The molecule has 1 saturated carbocycles. The molecule has 3 aromatic carbocycles. The Morgan fingerprint density at radius 3 is 1.55 bits per heavy atom. The van der Waals surface area contributed by atoms with E-state index in [0.717, 1.165) is 80.7 Å². The van der Waals surface area contributed by atoms with Gasteiger partial charge in [-0.05, 0) is 141 Å². The first-order chi connectivity index (χ1) is 36.8. The van der Waals surface area contributed by atoms with Crippen molar-refractivity contribution < 1.29 is 85.4 Å². The molecular formula is C59H73FO17. The van der Waals surface area contributed by atoms with Crippen molar-refractivity contribution in [3.05, 3.63) is 101 Å². The number of unbranched alkanes of at least 4 members (excludes halogenated alkanes) is 2. The zero-order valence-corrected chi connectivity index (χ0v) is 45.4. The van der Waals surface area contributed by atoms with Crippen molar-refractivity contribution in [1.82, 2.24) is 0 Å². The Morgan fingerprint density at radius 1 is 0.545 bits per heavy atom. The van der Waals surface area contributed by atoms with E-state index >= 15 is 4.39 Å². The van der Waals surface area contributed by atoms with E-state index in [1.165, 1.54) is 32.6 Å². The summed E-state index contributed by atoms with van der Waals surface area (Å²) in [5.41, 5.74) is 4.39. The second-order valence-electron chi connectivity index (χ2n) is 19.3. The van der Waals surface area contributed by atoms with Crippen molar-refractivity contribution in [2.75, 3.05) is 61.0 Å². The van der Waals surface area contributed by atoms with Crippen LogP contribution in [0.2, 0.25) is 0 Å². The van der Waals surface area contributed by atoms with Crippen molar-refractivity contribution in [3.63, 3.8) is 0 Å². The number of halogens is 1. The molecule has 1 fully saturated rings. The van der Waals surface area contributed by atoms with Crippen LogP contribution in [-0.4, -0.2) is 109 Å². The first kappa shape index (κ1) is 62.2. The van der Waals surface area contributed by atoms with E-state index < -0.39 is 79.6 Å². The van der Waals surface area contributed by atoms with Crippen LogP contribution in [0.4, 0.5) is 4.39 Å². The molecule has 0 unspecified atom stereocenters. The molecule has 4 rings (SSSR count). The van der Waals surface area contributed by atoms with Crippen LogP contribution in [-0.2, 0) is 95.5 Å². The zero-order valence-electron chi connectivity index (χ0n) is 45.4. The minimum atomic E-state index is -1.93. The molecule has 0 aliphatic heterocycles. The second-order valence-corrected chi connectivity index (χ2v) is 19.3. The summed E-state index contributed by atoms with van der Waals surface area (Å²) in [5.74, 6) is -8.92. The quantitative estimate of drug-likeness (QED) is 0.0228. The molecule has 1 aliphatic carbocycles. The van der Waals surface area contributed by atoms with E-state index in [4.69, 9.17) is 28.4 Å². The summed E-state index contributed by atoms with van der Waals surface area (Å²) in [5, 5.41) is 0. The number of methoxy groups -OCH3 is 3. The maximum Gasteiger partial charge on any atom is 0.417 e. The highest BCUT2D eigenvalue weighted by Crippen LogP contribution is 2.41. The van der Waals surface area contributed by atoms with Crippen molar-refractivity contribution in [2.45, 2.75) is 117 Å². The van der Waals surface area contributed by atoms with E-state index in [2.05, 4.69) is 34.3 Å². The van der Waals surface area contributed by atoms with Crippen LogP contribution >= 0.6 is 0 Å². The highest BCUT2D eigenvalue weighted by molar-refractivity contribution is 6.30. The number of aryl methyl sites for hydroxylation is 3. The number of hydrogen-bond acceptors (Lipinski definition) is 17. The minimum Gasteiger partial charge on any atom is -0.492 e. The lowest BCUT2D eigenvalue weighted by Crippen LogP contribution is -2.45. The van der Waals surface area contributed by atoms with Gasteiger partial charge in [-0.2, -0.15) is 0 Å². The first-order valence-electron chi connectivity index (χ1n) is 25.9. The maximum atomic E-state index is 16.6. The van der Waals surface area contributed by atoms with Gasteiger partial charge in [-0.25, -0.2) is 42.7 Å². The molecular weight excluding hydrogens is 1000 g/mol. The number of rotatable bonds is 27. The first-order valence-corrected chi connectivity index (χ1v) is 25.9. The summed E-state index contributed by atoms with van der Waals surface area (Å²) >= 11 is 0. The molecule has 0 heterocycles. The Hall–Kier alpha value is -7.37. The van der Waals surface area contributed by atoms with Gasteiger partial charge in [0.1, 0.15) is 43.4 Å². The summed E-state index contributed by atoms with van der Waals surface area (Å²) in [7, 11) is 2.80. The molecule has 1 aliphatic rings. The third kappa shape index (κ3) is 18.7. The summed E-state index contributed by atoms with van der Waals surface area (Å²) < 4.78 is 62.8. The zero-order chi connectivity index (χ0) is 56.7. The number of carbonyl (C=O) groups is 8. The maximum absolute atomic E-state index is 16.6. The predicted molar refractivity (Wildman–Crippen MR) is 281 cm³/mol. The Bertz CT molecular complexity index is 2530. The van der Waals surface area contributed by atoms with Gasteiger partial charge in [0.25, 0.3) is 0 Å². The van der Waals surface area contributed by atoms with Gasteiger partial charge in [0.2, 0.25) is 0 Å². The molecule has 0 atom stereocenters. The van der Waals surface area contributed by atoms with E-state index in [9.17, 15) is 38.4 Å². The number of ether oxygens (including phenoxy) is 9. The molecule has 0 bridgehead atoms. The SMILES string of the molecule is C=C(C)C(=O)OCCCc1cc(-c2cc(CC)c(-c3ccc(C4CCC(CCCCC)CC4)cc3F)cc2CCCOC(=O)C(=C)C)ccc1OCC(COC(=O)C(=O)OC)(COC(=O)C(=O)OC)COC(=O)C(=O)OC. The second kappa shape index (κ2) is 31.0. The van der Waals surface area contributed by atoms with Crippen LogP contribution in [0.15, 0.2) is 72.8 Å². The fraction of sp³-hybridized carbons (Fsp3) is 0.492. The lowest BCUT2D eigenvalue weighted by atomic mass is 9.76. The molecule has 18 heteroatoms. The highest BCUT2D eigenvalue weighted by atomic mass is 19.1. The van der Waals surface area contributed by atoms with Gasteiger partial charge < -0.3 is 42.6 Å². The Balaban J connectivity index is 1.83. The predicted octanol–water partition coefficient (Wildman–Crippen LogP) is 9.19. The third-order valence-electron chi connectivity index (χ3n) is 13.4. The van der Waals surface area contributed by atoms with E-state index in [0.29, 0.717) is 41.9 Å². The van der Waals surface area contributed by atoms with Gasteiger partial charge in [0.05, 0.1) is 34.5 Å². The fourth-order valence-electron chi connectivity index (χ4n) is 8.93. The monoisotopic (exact) mass is 1070 g/mol. The highest BCUT2D eigenvalue weighted by Gasteiger charge is 2.40. The molecule has 0 aromatic heterocycles. The third-order valence-corrected chi connectivity index (χ3v) is 13.4. The molecule has 77 heavy (non-hydrogen) atoms. The van der Waals surface area contributed by atoms with Gasteiger partial charge >= 0.3 is 47.8 Å². The largest absolute Gasteiger partial charge is 0.492 e. The average molecular weight is 1070 g/mol. The number of carbonyl (C=O) groups excluding carboxylic acids is 8. The molecule has 0 saturated heterocycles. The van der Waals surface area contributed by atoms with Crippen molar-refractivity contribution in [3.8, 4) is 28.0 Å². The van der Waals surface area contributed by atoms with Crippen LogP contribution < -0.4 is 4.74 Å². The van der Waals surface area contributed by atoms with Crippen LogP contribution in [0, 0.1) is 17.2 Å². The smallest absolute Gasteiger partial charge is 0.417 e. The Labute approximate surface area is 450 Å². The molecule has 17 nitrogen and oxygen atoms in total. The lowest BCUT2D eigenvalue weighted by molar-refractivity contribution is -0.180. The molecule has 0 radical (unpaired) electrons. The van der Waals surface area contributed by atoms with Crippen LogP contribution in [0.1, 0.15) is 120 Å². The molecule has 3 aromatic rings. The standard InChI is InChI=1S/C59H73FO17/c1-10-12-13-16-39-19-21-41(22-20-39)42-23-25-46(49(60)32-42)48-31-43(17-14-27-72-51(61)37(3)4)47(30-40(48)11-2)44-24-26-50(45(29-44)18-15-28-73-52(62)38(5)6)74-33-59(34-75-56(66)53(63)69-7,35-76-57(67)54(64)70-8)36-77-58(68)55(65)71-9/h23-26,29-32,39,41H,3,5,10-22,27-28,33-36H2,1-2,4,6-9H3. The molecule has 0 spiro atoms. The lowest BCUT2D eigenvalue weighted by Gasteiger charge is -2.32. The number of hydrogen-bond donors (Lipinski definition) is 0. The number of esters is 8. The van der Waals surface area contributed by atoms with Crippen LogP contribution in [0.5, 0.6) is 5.75 Å². The Kier molecular flexibility index (Phi) is 25.0. The summed E-state index contributed by atoms with van der Waals surface area (Å²) in [6.07, 6.45) is 11.1. The van der Waals surface area contributed by atoms with Gasteiger partial charge in [-0.1, -0.05) is 83.0 Å². The number of benzene rings is 3. The normalized spacial score (nSPS) is 14.0. The van der Waals surface area contributed by atoms with Crippen LogP contribution in [0.3, 0.4) is 0 Å². The topological polar surface area (TPSA) is 220 Å². The van der Waals surface area contributed by atoms with Crippen molar-refractivity contribution in [1.29, 1.82) is 0 Å². The molecule has 0 N–H and O–H groups in total. The van der Waals surface area contributed by atoms with Gasteiger partial charge in [0, 0.05) is 16.7 Å². The van der Waals surface area contributed by atoms with Crippen molar-refractivity contribution in [2.24, 2.45) is 11.3 Å². The van der Waals surface area contributed by atoms with E-state index in [-0.39, 0.29) is 48.8 Å². The van der Waals surface area contributed by atoms with Crippen molar-refractivity contribution >= 4 is 47.8 Å².